The highest BCUT2D eigenvalue weighted by atomic mass is 32.1. The van der Waals surface area contributed by atoms with Crippen molar-refractivity contribution in [2.45, 2.75) is 31.7 Å². The minimum absolute atomic E-state index is 0.0290. The first-order chi connectivity index (χ1) is 13.1. The number of carbonyl (C=O) groups excluding carboxylic acids is 1. The van der Waals surface area contributed by atoms with Gasteiger partial charge in [0.25, 0.3) is 5.91 Å². The first-order valence-electron chi connectivity index (χ1n) is 9.49. The van der Waals surface area contributed by atoms with Crippen molar-refractivity contribution < 1.29 is 4.79 Å². The molecule has 1 atom stereocenters. The lowest BCUT2D eigenvalue weighted by molar-refractivity contribution is 0.0698. The first kappa shape index (κ1) is 18.2. The normalized spacial score (nSPS) is 17.9. The fourth-order valence-electron chi connectivity index (χ4n) is 3.79. The van der Waals surface area contributed by atoms with E-state index in [0.717, 1.165) is 49.7 Å². The number of imidazole rings is 2. The number of nitrogens with zero attached hydrogens (tertiary/aromatic N) is 6. The molecule has 0 unspecified atom stereocenters. The summed E-state index contributed by atoms with van der Waals surface area (Å²) in [6, 6.07) is 0. The van der Waals surface area contributed by atoms with E-state index in [2.05, 4.69) is 39.7 Å². The number of amides is 1. The zero-order chi connectivity index (χ0) is 18.8. The lowest BCUT2D eigenvalue weighted by Crippen LogP contribution is -2.40. The van der Waals surface area contributed by atoms with Crippen molar-refractivity contribution in [1.29, 1.82) is 0 Å². The molecule has 1 amide bonds. The van der Waals surface area contributed by atoms with Gasteiger partial charge in [-0.1, -0.05) is 0 Å². The zero-order valence-corrected chi connectivity index (χ0v) is 16.7. The highest BCUT2D eigenvalue weighted by Crippen LogP contribution is 2.27. The molecular weight excluding hydrogens is 360 g/mol. The molecule has 0 N–H and O–H groups in total. The van der Waals surface area contributed by atoms with Crippen LogP contribution in [0.3, 0.4) is 0 Å². The quantitative estimate of drug-likeness (QED) is 0.653. The van der Waals surface area contributed by atoms with E-state index in [-0.39, 0.29) is 5.91 Å². The number of hydrogen-bond donors (Lipinski definition) is 0. The molecule has 1 aliphatic rings. The Morgan fingerprint density at radius 3 is 3.07 bits per heavy atom. The van der Waals surface area contributed by atoms with Crippen LogP contribution in [0.5, 0.6) is 0 Å². The molecule has 4 heterocycles. The van der Waals surface area contributed by atoms with Crippen molar-refractivity contribution >= 4 is 22.2 Å². The third-order valence-electron chi connectivity index (χ3n) is 5.14. The Hall–Kier alpha value is -2.19. The maximum atomic E-state index is 12.9. The largest absolute Gasteiger partial charge is 0.337 e. The van der Waals surface area contributed by atoms with Crippen molar-refractivity contribution in [3.8, 4) is 0 Å². The molecule has 0 aromatic carbocycles. The summed E-state index contributed by atoms with van der Waals surface area (Å²) in [6.07, 6.45) is 10.9. The average molecular weight is 387 g/mol. The summed E-state index contributed by atoms with van der Waals surface area (Å²) >= 11 is 1.55. The van der Waals surface area contributed by atoms with E-state index in [4.69, 9.17) is 0 Å². The molecule has 4 rings (SSSR count). The lowest BCUT2D eigenvalue weighted by Gasteiger charge is -2.32. The molecule has 8 heteroatoms. The Labute approximate surface area is 163 Å². The van der Waals surface area contributed by atoms with Gasteiger partial charge < -0.3 is 14.4 Å². The molecule has 0 saturated carbocycles. The van der Waals surface area contributed by atoms with Gasteiger partial charge in [0.15, 0.2) is 4.96 Å². The van der Waals surface area contributed by atoms with Crippen LogP contribution in [-0.4, -0.2) is 68.4 Å². The maximum Gasteiger partial charge on any atom is 0.274 e. The summed E-state index contributed by atoms with van der Waals surface area (Å²) in [4.78, 5) is 27.0. The molecular formula is C19H26N6OS. The first-order valence-corrected chi connectivity index (χ1v) is 10.4. The Morgan fingerprint density at radius 1 is 1.37 bits per heavy atom. The molecule has 7 nitrogen and oxygen atoms in total. The van der Waals surface area contributed by atoms with Crippen LogP contribution in [0.4, 0.5) is 0 Å². The van der Waals surface area contributed by atoms with Gasteiger partial charge in [-0.2, -0.15) is 0 Å². The molecule has 1 fully saturated rings. The van der Waals surface area contributed by atoms with Crippen LogP contribution in [0.25, 0.3) is 4.96 Å². The third-order valence-corrected chi connectivity index (χ3v) is 5.91. The molecule has 3 aromatic rings. The van der Waals surface area contributed by atoms with Gasteiger partial charge in [0, 0.05) is 55.7 Å². The predicted molar refractivity (Wildman–Crippen MR) is 106 cm³/mol. The number of aromatic nitrogens is 4. The average Bonchev–Trinajstić information content (AvgIpc) is 3.36. The smallest absolute Gasteiger partial charge is 0.274 e. The van der Waals surface area contributed by atoms with E-state index in [1.807, 2.05) is 33.3 Å². The predicted octanol–water partition coefficient (Wildman–Crippen LogP) is 2.56. The summed E-state index contributed by atoms with van der Waals surface area (Å²) in [6.45, 7) is 3.54. The molecule has 0 aliphatic carbocycles. The van der Waals surface area contributed by atoms with E-state index in [1.54, 1.807) is 11.3 Å². The highest BCUT2D eigenvalue weighted by Gasteiger charge is 2.29. The van der Waals surface area contributed by atoms with Crippen molar-refractivity contribution in [3.05, 3.63) is 41.7 Å². The number of rotatable bonds is 6. The van der Waals surface area contributed by atoms with Crippen molar-refractivity contribution in [2.75, 3.05) is 33.7 Å². The molecule has 27 heavy (non-hydrogen) atoms. The standard InChI is InChI=1S/C19H26N6OS/c1-22(2)7-4-9-23-10-6-20-17(23)15-5-3-8-24(13-15)18(26)16-14-25-11-12-27-19(25)21-16/h6,10-12,14-15H,3-5,7-9,13H2,1-2H3/t15-/m0/s1. The summed E-state index contributed by atoms with van der Waals surface area (Å²) in [5.41, 5.74) is 0.539. The monoisotopic (exact) mass is 386 g/mol. The minimum atomic E-state index is 0.0290. The van der Waals surface area contributed by atoms with Crippen LogP contribution in [0.2, 0.25) is 0 Å². The fraction of sp³-hybridized carbons (Fsp3) is 0.526. The summed E-state index contributed by atoms with van der Waals surface area (Å²) in [7, 11) is 4.19. The second-order valence-electron chi connectivity index (χ2n) is 7.44. The van der Waals surface area contributed by atoms with E-state index >= 15 is 0 Å². The molecule has 3 aromatic heterocycles. The number of carbonyl (C=O) groups is 1. The molecule has 1 saturated heterocycles. The second kappa shape index (κ2) is 7.82. The Balaban J connectivity index is 1.44. The SMILES string of the molecule is CN(C)CCCn1ccnc1[C@H]1CCCN(C(=O)c2cn3ccsc3n2)C1. The van der Waals surface area contributed by atoms with Gasteiger partial charge in [-0.15, -0.1) is 11.3 Å². The summed E-state index contributed by atoms with van der Waals surface area (Å²) in [5, 5.41) is 1.98. The summed E-state index contributed by atoms with van der Waals surface area (Å²) in [5.74, 6) is 1.43. The second-order valence-corrected chi connectivity index (χ2v) is 8.32. The van der Waals surface area contributed by atoms with Crippen LogP contribution in [0, 0.1) is 0 Å². The number of hydrogen-bond acceptors (Lipinski definition) is 5. The molecule has 0 spiro atoms. The molecule has 0 bridgehead atoms. The minimum Gasteiger partial charge on any atom is -0.337 e. The van der Waals surface area contributed by atoms with Crippen LogP contribution in [0.1, 0.15) is 41.5 Å². The van der Waals surface area contributed by atoms with E-state index in [1.165, 1.54) is 0 Å². The number of aryl methyl sites for hydroxylation is 1. The van der Waals surface area contributed by atoms with Crippen LogP contribution < -0.4 is 0 Å². The van der Waals surface area contributed by atoms with E-state index in [0.29, 0.717) is 18.2 Å². The molecule has 1 aliphatic heterocycles. The molecule has 144 valence electrons. The van der Waals surface area contributed by atoms with Gasteiger partial charge in [0.1, 0.15) is 11.5 Å². The van der Waals surface area contributed by atoms with Crippen molar-refractivity contribution in [3.63, 3.8) is 0 Å². The molecule has 0 radical (unpaired) electrons. The Morgan fingerprint density at radius 2 is 2.26 bits per heavy atom. The third kappa shape index (κ3) is 3.91. The Bertz CT molecular complexity index is 882. The van der Waals surface area contributed by atoms with Gasteiger partial charge in [-0.25, -0.2) is 9.97 Å². The van der Waals surface area contributed by atoms with E-state index < -0.39 is 0 Å². The van der Waals surface area contributed by atoms with Crippen molar-refractivity contribution in [1.82, 2.24) is 28.7 Å². The van der Waals surface area contributed by atoms with Gasteiger partial charge >= 0.3 is 0 Å². The zero-order valence-electron chi connectivity index (χ0n) is 15.9. The maximum absolute atomic E-state index is 12.9. The van der Waals surface area contributed by atoms with Crippen LogP contribution >= 0.6 is 11.3 Å². The van der Waals surface area contributed by atoms with Gasteiger partial charge in [-0.05, 0) is 39.9 Å². The van der Waals surface area contributed by atoms with E-state index in [9.17, 15) is 4.79 Å². The van der Waals surface area contributed by atoms with Crippen LogP contribution in [0.15, 0.2) is 30.2 Å². The highest BCUT2D eigenvalue weighted by molar-refractivity contribution is 7.15. The number of thiazole rings is 1. The number of fused-ring (bicyclic) bond motifs is 1. The van der Waals surface area contributed by atoms with Crippen molar-refractivity contribution in [2.24, 2.45) is 0 Å². The Kier molecular flexibility index (Phi) is 5.27. The number of piperidine rings is 1. The fourth-order valence-corrected chi connectivity index (χ4v) is 4.49. The van der Waals surface area contributed by atoms with Gasteiger partial charge in [0.05, 0.1) is 0 Å². The van der Waals surface area contributed by atoms with Gasteiger partial charge in [-0.3, -0.25) is 9.20 Å². The number of likely N-dealkylation sites (tertiary alicyclic amines) is 1. The topological polar surface area (TPSA) is 58.7 Å². The van der Waals surface area contributed by atoms with Gasteiger partial charge in [0.2, 0.25) is 0 Å². The van der Waals surface area contributed by atoms with Crippen LogP contribution in [-0.2, 0) is 6.54 Å². The summed E-state index contributed by atoms with van der Waals surface area (Å²) < 4.78 is 4.17. The lowest BCUT2D eigenvalue weighted by atomic mass is 9.96.